The minimum absolute atomic E-state index is 0.0104. The molecule has 0 heterocycles. The molecule has 108 valence electrons. The van der Waals surface area contributed by atoms with Crippen LogP contribution in [0.15, 0.2) is 11.1 Å². The van der Waals surface area contributed by atoms with E-state index >= 15 is 0 Å². The summed E-state index contributed by atoms with van der Waals surface area (Å²) in [5.74, 6) is -0.285. The van der Waals surface area contributed by atoms with Gasteiger partial charge in [0.1, 0.15) is 0 Å². The van der Waals surface area contributed by atoms with Gasteiger partial charge in [0, 0.05) is 31.3 Å². The molecular formula is C13H26O5. The zero-order valence-electron chi connectivity index (χ0n) is 11.8. The van der Waals surface area contributed by atoms with E-state index in [4.69, 9.17) is 15.3 Å². The standard InChI is InChI=1S/C7H12O2.C6H14O3/c1-5(2)6(3)7(8)9-4;7-3-1-2-6(4-8)5-9/h1-4H3;6-9H,1-5H2. The summed E-state index contributed by atoms with van der Waals surface area (Å²) >= 11 is 0. The highest BCUT2D eigenvalue weighted by Gasteiger charge is 2.03. The molecule has 0 saturated carbocycles. The van der Waals surface area contributed by atoms with Gasteiger partial charge in [0.15, 0.2) is 0 Å². The molecule has 0 aromatic rings. The number of hydrogen-bond donors (Lipinski definition) is 3. The van der Waals surface area contributed by atoms with E-state index in [-0.39, 0.29) is 31.7 Å². The second-order valence-electron chi connectivity index (χ2n) is 4.21. The molecular weight excluding hydrogens is 236 g/mol. The van der Waals surface area contributed by atoms with Gasteiger partial charge in [0.05, 0.1) is 7.11 Å². The van der Waals surface area contributed by atoms with Crippen LogP contribution in [0.2, 0.25) is 0 Å². The van der Waals surface area contributed by atoms with E-state index in [9.17, 15) is 4.79 Å². The monoisotopic (exact) mass is 262 g/mol. The Balaban J connectivity index is 0. The minimum atomic E-state index is -0.241. The predicted octanol–water partition coefficient (Wildman–Crippen LogP) is 0.875. The van der Waals surface area contributed by atoms with Gasteiger partial charge in [0.25, 0.3) is 0 Å². The molecule has 18 heavy (non-hydrogen) atoms. The number of esters is 1. The lowest BCUT2D eigenvalue weighted by molar-refractivity contribution is -0.136. The first-order valence-corrected chi connectivity index (χ1v) is 5.99. The van der Waals surface area contributed by atoms with Gasteiger partial charge < -0.3 is 20.1 Å². The van der Waals surface area contributed by atoms with Crippen molar-refractivity contribution in [2.75, 3.05) is 26.9 Å². The van der Waals surface area contributed by atoms with Crippen molar-refractivity contribution < 1.29 is 24.9 Å². The number of rotatable bonds is 6. The SMILES string of the molecule is COC(=O)C(C)=C(C)C.OCCCC(CO)CO. The minimum Gasteiger partial charge on any atom is -0.466 e. The molecule has 0 rings (SSSR count). The highest BCUT2D eigenvalue weighted by atomic mass is 16.5. The van der Waals surface area contributed by atoms with Gasteiger partial charge >= 0.3 is 5.97 Å². The van der Waals surface area contributed by atoms with Crippen molar-refractivity contribution >= 4 is 5.97 Å². The van der Waals surface area contributed by atoms with Crippen LogP contribution in [0.4, 0.5) is 0 Å². The average Bonchev–Trinajstić information content (AvgIpc) is 2.38. The van der Waals surface area contributed by atoms with Gasteiger partial charge in [-0.1, -0.05) is 5.57 Å². The van der Waals surface area contributed by atoms with Crippen LogP contribution in [-0.4, -0.2) is 48.2 Å². The quantitative estimate of drug-likeness (QED) is 0.488. The number of aliphatic hydroxyl groups is 3. The Labute approximate surface area is 109 Å². The molecule has 0 fully saturated rings. The van der Waals surface area contributed by atoms with Crippen molar-refractivity contribution in [3.63, 3.8) is 0 Å². The van der Waals surface area contributed by atoms with Gasteiger partial charge in [-0.15, -0.1) is 0 Å². The first-order valence-electron chi connectivity index (χ1n) is 5.99. The third-order valence-electron chi connectivity index (χ3n) is 2.53. The van der Waals surface area contributed by atoms with Gasteiger partial charge in [0.2, 0.25) is 0 Å². The van der Waals surface area contributed by atoms with Crippen LogP contribution in [0.3, 0.4) is 0 Å². The second kappa shape index (κ2) is 12.5. The number of allylic oxidation sites excluding steroid dienone is 1. The Morgan fingerprint density at radius 2 is 1.61 bits per heavy atom. The molecule has 0 aliphatic heterocycles. The van der Waals surface area contributed by atoms with Crippen LogP contribution in [0.25, 0.3) is 0 Å². The zero-order valence-corrected chi connectivity index (χ0v) is 11.8. The Hall–Kier alpha value is -0.910. The predicted molar refractivity (Wildman–Crippen MR) is 70.0 cm³/mol. The molecule has 0 radical (unpaired) electrons. The van der Waals surface area contributed by atoms with Crippen molar-refractivity contribution in [2.45, 2.75) is 33.6 Å². The summed E-state index contributed by atoms with van der Waals surface area (Å²) < 4.78 is 4.48. The van der Waals surface area contributed by atoms with Crippen LogP contribution in [0.1, 0.15) is 33.6 Å². The maximum absolute atomic E-state index is 10.7. The van der Waals surface area contributed by atoms with Crippen molar-refractivity contribution in [1.82, 2.24) is 0 Å². The van der Waals surface area contributed by atoms with E-state index in [0.717, 1.165) is 5.57 Å². The fourth-order valence-electron chi connectivity index (χ4n) is 0.977. The molecule has 0 aromatic carbocycles. The molecule has 0 amide bonds. The number of carbonyl (C=O) groups is 1. The lowest BCUT2D eigenvalue weighted by Gasteiger charge is -2.07. The Morgan fingerprint density at radius 1 is 1.11 bits per heavy atom. The number of aliphatic hydroxyl groups excluding tert-OH is 3. The van der Waals surface area contributed by atoms with Gasteiger partial charge in [-0.3, -0.25) is 0 Å². The molecule has 0 aliphatic rings. The van der Waals surface area contributed by atoms with Crippen LogP contribution in [0.5, 0.6) is 0 Å². The van der Waals surface area contributed by atoms with Crippen molar-refractivity contribution in [3.8, 4) is 0 Å². The first-order chi connectivity index (χ1) is 8.44. The normalized spacial score (nSPS) is 9.56. The van der Waals surface area contributed by atoms with E-state index < -0.39 is 0 Å². The van der Waals surface area contributed by atoms with Crippen LogP contribution < -0.4 is 0 Å². The molecule has 0 saturated heterocycles. The van der Waals surface area contributed by atoms with Crippen molar-refractivity contribution in [2.24, 2.45) is 5.92 Å². The second-order valence-corrected chi connectivity index (χ2v) is 4.21. The average molecular weight is 262 g/mol. The maximum atomic E-state index is 10.7. The number of hydrogen-bond acceptors (Lipinski definition) is 5. The number of methoxy groups -OCH3 is 1. The summed E-state index contributed by atoms with van der Waals surface area (Å²) in [6, 6.07) is 0. The molecule has 0 bridgehead atoms. The fraction of sp³-hybridized carbons (Fsp3) is 0.769. The van der Waals surface area contributed by atoms with Crippen LogP contribution in [-0.2, 0) is 9.53 Å². The Bertz CT molecular complexity index is 240. The van der Waals surface area contributed by atoms with Crippen LogP contribution >= 0.6 is 0 Å². The molecule has 0 atom stereocenters. The molecule has 0 spiro atoms. The lowest BCUT2D eigenvalue weighted by atomic mass is 10.1. The summed E-state index contributed by atoms with van der Waals surface area (Å²) in [5, 5.41) is 25.4. The summed E-state index contributed by atoms with van der Waals surface area (Å²) in [7, 11) is 1.38. The summed E-state index contributed by atoms with van der Waals surface area (Å²) in [6.07, 6.45) is 1.36. The number of carbonyl (C=O) groups excluding carboxylic acids is 1. The third-order valence-corrected chi connectivity index (χ3v) is 2.53. The highest BCUT2D eigenvalue weighted by Crippen LogP contribution is 2.03. The molecule has 3 N–H and O–H groups in total. The maximum Gasteiger partial charge on any atom is 0.333 e. The van der Waals surface area contributed by atoms with E-state index in [1.807, 2.05) is 13.8 Å². The zero-order chi connectivity index (χ0) is 14.6. The summed E-state index contributed by atoms with van der Waals surface area (Å²) in [5.41, 5.74) is 1.69. The van der Waals surface area contributed by atoms with Crippen molar-refractivity contribution in [1.29, 1.82) is 0 Å². The van der Waals surface area contributed by atoms with E-state index in [1.165, 1.54) is 7.11 Å². The molecule has 5 heteroatoms. The lowest BCUT2D eigenvalue weighted by Crippen LogP contribution is -2.11. The summed E-state index contributed by atoms with van der Waals surface area (Å²) in [6.45, 7) is 5.67. The van der Waals surface area contributed by atoms with E-state index in [0.29, 0.717) is 18.4 Å². The Morgan fingerprint density at radius 3 is 1.83 bits per heavy atom. The van der Waals surface area contributed by atoms with Gasteiger partial charge in [-0.2, -0.15) is 0 Å². The van der Waals surface area contributed by atoms with Crippen LogP contribution in [0, 0.1) is 5.92 Å². The van der Waals surface area contributed by atoms with E-state index in [1.54, 1.807) is 6.92 Å². The van der Waals surface area contributed by atoms with Gasteiger partial charge in [-0.25, -0.2) is 4.79 Å². The topological polar surface area (TPSA) is 87.0 Å². The van der Waals surface area contributed by atoms with E-state index in [2.05, 4.69) is 4.74 Å². The largest absolute Gasteiger partial charge is 0.466 e. The third kappa shape index (κ3) is 10.3. The van der Waals surface area contributed by atoms with Crippen molar-refractivity contribution in [3.05, 3.63) is 11.1 Å². The highest BCUT2D eigenvalue weighted by molar-refractivity contribution is 5.88. The fourth-order valence-corrected chi connectivity index (χ4v) is 0.977. The first kappa shape index (κ1) is 19.4. The smallest absolute Gasteiger partial charge is 0.333 e. The molecule has 0 aromatic heterocycles. The summed E-state index contributed by atoms with van der Waals surface area (Å²) in [4.78, 5) is 10.7. The molecule has 0 aliphatic carbocycles. The number of ether oxygens (including phenoxy) is 1. The molecule has 0 unspecified atom stereocenters. The Kier molecular flexibility index (Phi) is 13.5. The molecule has 5 nitrogen and oxygen atoms in total. The van der Waals surface area contributed by atoms with Gasteiger partial charge in [-0.05, 0) is 33.6 Å².